The third kappa shape index (κ3) is 3.24. The molecule has 0 bridgehead atoms. The summed E-state index contributed by atoms with van der Waals surface area (Å²) in [6.45, 7) is -0.903. The first kappa shape index (κ1) is 17.5. The van der Waals surface area contributed by atoms with Crippen molar-refractivity contribution in [2.24, 2.45) is 0 Å². The van der Waals surface area contributed by atoms with Gasteiger partial charge in [-0.1, -0.05) is 6.07 Å². The topological polar surface area (TPSA) is 136 Å². The van der Waals surface area contributed by atoms with E-state index in [-0.39, 0.29) is 18.2 Å². The molecule has 0 unspecified atom stereocenters. The van der Waals surface area contributed by atoms with Gasteiger partial charge in [0, 0.05) is 18.2 Å². The summed E-state index contributed by atoms with van der Waals surface area (Å²) >= 11 is 0. The number of hydrogen-bond acceptors (Lipinski definition) is 7. The summed E-state index contributed by atoms with van der Waals surface area (Å²) in [4.78, 5) is 21.0. The number of nitrogens with zero attached hydrogens (tertiary/aromatic N) is 2. The third-order valence-electron chi connectivity index (χ3n) is 3.54. The lowest BCUT2D eigenvalue weighted by Crippen LogP contribution is -2.35. The minimum absolute atomic E-state index is 0.0307. The van der Waals surface area contributed by atoms with Crippen molar-refractivity contribution in [3.8, 4) is 11.5 Å². The summed E-state index contributed by atoms with van der Waals surface area (Å²) in [5.41, 5.74) is -0.393. The highest BCUT2D eigenvalue weighted by Gasteiger charge is 2.29. The van der Waals surface area contributed by atoms with Crippen molar-refractivity contribution < 1.29 is 32.7 Å². The molecule has 0 fully saturated rings. The van der Waals surface area contributed by atoms with Crippen LogP contribution >= 0.6 is 0 Å². The van der Waals surface area contributed by atoms with Gasteiger partial charge in [-0.25, -0.2) is 8.42 Å². The van der Waals surface area contributed by atoms with Crippen molar-refractivity contribution >= 4 is 27.4 Å². The molecule has 0 radical (unpaired) electrons. The van der Waals surface area contributed by atoms with Crippen LogP contribution in [0.2, 0.25) is 0 Å². The van der Waals surface area contributed by atoms with Crippen LogP contribution in [0.3, 0.4) is 0 Å². The summed E-state index contributed by atoms with van der Waals surface area (Å²) in [5.74, 6) is -0.722. The van der Waals surface area contributed by atoms with E-state index in [0.717, 1.165) is 18.2 Å². The van der Waals surface area contributed by atoms with Gasteiger partial charge in [0.2, 0.25) is 6.79 Å². The summed E-state index contributed by atoms with van der Waals surface area (Å²) in [5, 5.41) is 20.0. The molecule has 0 aromatic heterocycles. The van der Waals surface area contributed by atoms with Gasteiger partial charge in [0.25, 0.3) is 15.7 Å². The minimum atomic E-state index is -4.37. The molecule has 1 aliphatic heterocycles. The Labute approximate surface area is 147 Å². The summed E-state index contributed by atoms with van der Waals surface area (Å²) in [7, 11) is -4.37. The zero-order chi connectivity index (χ0) is 18.9. The molecule has 3 rings (SSSR count). The number of hydrogen-bond donors (Lipinski definition) is 1. The van der Waals surface area contributed by atoms with Crippen molar-refractivity contribution in [3.05, 3.63) is 52.6 Å². The van der Waals surface area contributed by atoms with Gasteiger partial charge < -0.3 is 14.6 Å². The van der Waals surface area contributed by atoms with Crippen molar-refractivity contribution in [2.75, 3.05) is 17.6 Å². The van der Waals surface area contributed by atoms with E-state index in [4.69, 9.17) is 14.6 Å². The van der Waals surface area contributed by atoms with Gasteiger partial charge in [0.1, 0.15) is 6.54 Å². The predicted molar refractivity (Wildman–Crippen MR) is 87.8 cm³/mol. The number of benzene rings is 2. The van der Waals surface area contributed by atoms with Crippen LogP contribution in [-0.2, 0) is 14.8 Å². The smallest absolute Gasteiger partial charge is 0.324 e. The maximum atomic E-state index is 12.9. The number of carboxylic acid groups (broad SMARTS) is 1. The number of rotatable bonds is 6. The van der Waals surface area contributed by atoms with Crippen LogP contribution in [0.15, 0.2) is 47.4 Å². The van der Waals surface area contributed by atoms with E-state index in [1.807, 2.05) is 0 Å². The highest BCUT2D eigenvalue weighted by Crippen LogP contribution is 2.37. The number of ether oxygens (including phenoxy) is 2. The Morgan fingerprint density at radius 1 is 1.19 bits per heavy atom. The normalized spacial score (nSPS) is 12.6. The maximum Gasteiger partial charge on any atom is 0.324 e. The van der Waals surface area contributed by atoms with E-state index in [9.17, 15) is 23.3 Å². The second-order valence-corrected chi connectivity index (χ2v) is 7.06. The van der Waals surface area contributed by atoms with Crippen molar-refractivity contribution in [1.82, 2.24) is 0 Å². The Bertz CT molecular complexity index is 989. The molecule has 1 N–H and O–H groups in total. The van der Waals surface area contributed by atoms with Crippen LogP contribution in [0.1, 0.15) is 0 Å². The standard InChI is InChI=1S/C15H12N2O8S/c18-15(19)8-16(10-4-5-13-14(7-10)25-9-24-13)26(22,23)12-3-1-2-11(6-12)17(20)21/h1-7H,8-9H2,(H,18,19). The molecule has 1 heterocycles. The van der Waals surface area contributed by atoms with E-state index in [1.54, 1.807) is 0 Å². The molecule has 11 heteroatoms. The SMILES string of the molecule is O=C(O)CN(c1ccc2c(c1)OCO2)S(=O)(=O)c1cccc([N+](=O)[O-])c1. The number of carbonyl (C=O) groups is 1. The predicted octanol–water partition coefficient (Wildman–Crippen LogP) is 1.60. The van der Waals surface area contributed by atoms with Crippen molar-refractivity contribution in [3.63, 3.8) is 0 Å². The van der Waals surface area contributed by atoms with Gasteiger partial charge in [-0.15, -0.1) is 0 Å². The van der Waals surface area contributed by atoms with Gasteiger partial charge in [-0.05, 0) is 18.2 Å². The van der Waals surface area contributed by atoms with Gasteiger partial charge in [-0.2, -0.15) is 0 Å². The Kier molecular flexibility index (Phi) is 4.38. The monoisotopic (exact) mass is 380 g/mol. The fourth-order valence-corrected chi connectivity index (χ4v) is 3.81. The maximum absolute atomic E-state index is 12.9. The Morgan fingerprint density at radius 2 is 1.92 bits per heavy atom. The number of fused-ring (bicyclic) bond motifs is 1. The molecular formula is C15H12N2O8S. The molecule has 136 valence electrons. The molecule has 0 saturated heterocycles. The summed E-state index contributed by atoms with van der Waals surface area (Å²) in [6, 6.07) is 8.53. The molecule has 10 nitrogen and oxygen atoms in total. The average Bonchev–Trinajstić information content (AvgIpc) is 3.07. The highest BCUT2D eigenvalue weighted by atomic mass is 32.2. The van der Waals surface area contributed by atoms with Crippen LogP contribution in [0.5, 0.6) is 11.5 Å². The van der Waals surface area contributed by atoms with E-state index in [0.29, 0.717) is 10.1 Å². The molecule has 0 saturated carbocycles. The Morgan fingerprint density at radius 3 is 2.62 bits per heavy atom. The summed E-state index contributed by atoms with van der Waals surface area (Å²) in [6.07, 6.45) is 0. The molecular weight excluding hydrogens is 368 g/mol. The first-order chi connectivity index (χ1) is 12.3. The lowest BCUT2D eigenvalue weighted by molar-refractivity contribution is -0.385. The molecule has 0 amide bonds. The lowest BCUT2D eigenvalue weighted by atomic mass is 10.3. The number of nitro benzene ring substituents is 1. The number of sulfonamides is 1. The van der Waals surface area contributed by atoms with Gasteiger partial charge in [-0.3, -0.25) is 19.2 Å². The van der Waals surface area contributed by atoms with Crippen molar-refractivity contribution in [2.45, 2.75) is 4.90 Å². The number of anilines is 1. The van der Waals surface area contributed by atoms with Gasteiger partial charge >= 0.3 is 5.97 Å². The molecule has 2 aromatic rings. The van der Waals surface area contributed by atoms with Crippen LogP contribution < -0.4 is 13.8 Å². The van der Waals surface area contributed by atoms with Crippen LogP contribution in [0, 0.1) is 10.1 Å². The van der Waals surface area contributed by atoms with E-state index in [1.165, 1.54) is 24.3 Å². The number of nitro groups is 1. The number of carboxylic acids is 1. The fraction of sp³-hybridized carbons (Fsp3) is 0.133. The molecule has 1 aliphatic rings. The second kappa shape index (κ2) is 6.52. The molecule has 0 spiro atoms. The quantitative estimate of drug-likeness (QED) is 0.589. The summed E-state index contributed by atoms with van der Waals surface area (Å²) < 4.78 is 36.8. The zero-order valence-corrected chi connectivity index (χ0v) is 13.9. The van der Waals surface area contributed by atoms with E-state index < -0.39 is 38.0 Å². The third-order valence-corrected chi connectivity index (χ3v) is 5.31. The average molecular weight is 380 g/mol. The molecule has 26 heavy (non-hydrogen) atoms. The van der Waals surface area contributed by atoms with Crippen LogP contribution in [0.25, 0.3) is 0 Å². The van der Waals surface area contributed by atoms with Gasteiger partial charge in [0.15, 0.2) is 11.5 Å². The van der Waals surface area contributed by atoms with E-state index >= 15 is 0 Å². The number of aliphatic carboxylic acids is 1. The largest absolute Gasteiger partial charge is 0.480 e. The lowest BCUT2D eigenvalue weighted by Gasteiger charge is -2.22. The van der Waals surface area contributed by atoms with Crippen molar-refractivity contribution in [1.29, 1.82) is 0 Å². The first-order valence-electron chi connectivity index (χ1n) is 7.17. The molecule has 0 aliphatic carbocycles. The fourth-order valence-electron chi connectivity index (χ4n) is 2.36. The highest BCUT2D eigenvalue weighted by molar-refractivity contribution is 7.92. The first-order valence-corrected chi connectivity index (χ1v) is 8.61. The molecule has 0 atom stereocenters. The molecule has 2 aromatic carbocycles. The van der Waals surface area contributed by atoms with E-state index in [2.05, 4.69) is 0 Å². The number of non-ortho nitro benzene ring substituents is 1. The van der Waals surface area contributed by atoms with Gasteiger partial charge in [0.05, 0.1) is 15.5 Å². The second-order valence-electron chi connectivity index (χ2n) is 5.20. The van der Waals surface area contributed by atoms with Crippen LogP contribution in [0.4, 0.5) is 11.4 Å². The Balaban J connectivity index is 2.08. The minimum Gasteiger partial charge on any atom is -0.480 e. The van der Waals surface area contributed by atoms with Crippen LogP contribution in [-0.4, -0.2) is 37.8 Å². The zero-order valence-electron chi connectivity index (χ0n) is 13.1. The Hall–Kier alpha value is -3.34.